The second-order valence-electron chi connectivity index (χ2n) is 6.26. The van der Waals surface area contributed by atoms with Crippen molar-refractivity contribution in [1.82, 2.24) is 19.3 Å². The van der Waals surface area contributed by atoms with E-state index in [0.717, 1.165) is 16.9 Å². The summed E-state index contributed by atoms with van der Waals surface area (Å²) in [6, 6.07) is 15.8. The highest BCUT2D eigenvalue weighted by Gasteiger charge is 2.15. The van der Waals surface area contributed by atoms with Crippen molar-refractivity contribution in [3.05, 3.63) is 82.0 Å². The number of aromatic nitrogens is 4. The molecule has 0 bridgehead atoms. The van der Waals surface area contributed by atoms with Crippen molar-refractivity contribution in [2.45, 2.75) is 20.8 Å². The van der Waals surface area contributed by atoms with Crippen LogP contribution in [0.5, 0.6) is 0 Å². The number of benzene rings is 2. The Labute approximate surface area is 145 Å². The summed E-state index contributed by atoms with van der Waals surface area (Å²) >= 11 is 0. The maximum Gasteiger partial charge on any atom is 0.269 e. The molecule has 0 saturated heterocycles. The van der Waals surface area contributed by atoms with E-state index in [1.54, 1.807) is 15.4 Å². The number of hydrogen-bond acceptors (Lipinski definition) is 3. The van der Waals surface area contributed by atoms with Crippen LogP contribution in [0.4, 0.5) is 0 Å². The number of aryl methyl sites for hydroxylation is 3. The minimum atomic E-state index is -0.107. The molecule has 4 rings (SSSR count). The normalized spacial score (nSPS) is 11.2. The van der Waals surface area contributed by atoms with Gasteiger partial charge in [-0.1, -0.05) is 35.4 Å². The summed E-state index contributed by atoms with van der Waals surface area (Å²) in [5, 5.41) is 4.89. The van der Waals surface area contributed by atoms with Crippen LogP contribution in [0, 0.1) is 20.8 Å². The van der Waals surface area contributed by atoms with Crippen molar-refractivity contribution >= 4 is 11.0 Å². The van der Waals surface area contributed by atoms with Gasteiger partial charge in [-0.15, -0.1) is 0 Å². The molecule has 0 atom stereocenters. The molecule has 0 aliphatic rings. The van der Waals surface area contributed by atoms with Crippen molar-refractivity contribution in [1.29, 1.82) is 0 Å². The van der Waals surface area contributed by atoms with Gasteiger partial charge < -0.3 is 0 Å². The van der Waals surface area contributed by atoms with Gasteiger partial charge in [0.25, 0.3) is 5.56 Å². The summed E-state index contributed by atoms with van der Waals surface area (Å²) < 4.78 is 3.34. The third kappa shape index (κ3) is 2.54. The molecular formula is C20H18N4O. The molecule has 5 heteroatoms. The molecule has 0 fully saturated rings. The van der Waals surface area contributed by atoms with Gasteiger partial charge in [0, 0.05) is 0 Å². The van der Waals surface area contributed by atoms with Gasteiger partial charge in [0.05, 0.1) is 17.6 Å². The Balaban J connectivity index is 1.94. The summed E-state index contributed by atoms with van der Waals surface area (Å²) in [5.41, 5.74) is 4.49. The zero-order valence-electron chi connectivity index (χ0n) is 14.4. The predicted molar refractivity (Wildman–Crippen MR) is 98.7 cm³/mol. The van der Waals surface area contributed by atoms with Crippen LogP contribution in [-0.4, -0.2) is 19.3 Å². The summed E-state index contributed by atoms with van der Waals surface area (Å²) in [6.07, 6.45) is 1.59. The Hall–Kier alpha value is -3.21. The molecule has 2 heterocycles. The highest BCUT2D eigenvalue weighted by atomic mass is 16.1. The lowest BCUT2D eigenvalue weighted by atomic mass is 10.2. The first kappa shape index (κ1) is 15.3. The first-order valence-corrected chi connectivity index (χ1v) is 8.16. The Morgan fingerprint density at radius 3 is 1.96 bits per heavy atom. The first-order chi connectivity index (χ1) is 12.0. The van der Waals surface area contributed by atoms with Gasteiger partial charge in [0.15, 0.2) is 5.65 Å². The van der Waals surface area contributed by atoms with Crippen LogP contribution in [0.1, 0.15) is 17.0 Å². The molecule has 2 aromatic carbocycles. The van der Waals surface area contributed by atoms with Crippen molar-refractivity contribution in [2.75, 3.05) is 0 Å². The van der Waals surface area contributed by atoms with Crippen LogP contribution < -0.4 is 5.56 Å². The predicted octanol–water partition coefficient (Wildman–Crippen LogP) is 3.50. The molecule has 25 heavy (non-hydrogen) atoms. The zero-order chi connectivity index (χ0) is 17.6. The standard InChI is InChI=1S/C20H18N4O/c1-13-4-8-16(9-5-13)23-15(3)22-19-18(20(23)25)12-21-24(19)17-10-6-14(2)7-11-17/h4-12H,1-3H3. The number of fused-ring (bicyclic) bond motifs is 1. The van der Waals surface area contributed by atoms with Crippen molar-refractivity contribution in [3.8, 4) is 11.4 Å². The smallest absolute Gasteiger partial charge is 0.268 e. The van der Waals surface area contributed by atoms with E-state index < -0.39 is 0 Å². The molecule has 0 N–H and O–H groups in total. The number of nitrogens with zero attached hydrogens (tertiary/aromatic N) is 4. The van der Waals surface area contributed by atoms with Crippen LogP contribution in [0.25, 0.3) is 22.4 Å². The molecule has 0 aliphatic heterocycles. The van der Waals surface area contributed by atoms with E-state index in [2.05, 4.69) is 10.1 Å². The van der Waals surface area contributed by atoms with Crippen LogP contribution in [-0.2, 0) is 0 Å². The topological polar surface area (TPSA) is 52.7 Å². The minimum Gasteiger partial charge on any atom is -0.268 e. The van der Waals surface area contributed by atoms with Gasteiger partial charge in [-0.2, -0.15) is 5.10 Å². The average molecular weight is 330 g/mol. The maximum atomic E-state index is 13.0. The average Bonchev–Trinajstić information content (AvgIpc) is 3.01. The van der Waals surface area contributed by atoms with Gasteiger partial charge in [0.2, 0.25) is 0 Å². The minimum absolute atomic E-state index is 0.107. The fourth-order valence-electron chi connectivity index (χ4n) is 2.94. The molecule has 124 valence electrons. The van der Waals surface area contributed by atoms with Gasteiger partial charge in [-0.3, -0.25) is 9.36 Å². The van der Waals surface area contributed by atoms with E-state index in [0.29, 0.717) is 16.9 Å². The Morgan fingerprint density at radius 1 is 0.800 bits per heavy atom. The SMILES string of the molecule is Cc1ccc(-n2c(C)nc3c(cnn3-c3ccc(C)cc3)c2=O)cc1. The van der Waals surface area contributed by atoms with Crippen molar-refractivity contribution in [3.63, 3.8) is 0 Å². The lowest BCUT2D eigenvalue weighted by Crippen LogP contribution is -2.22. The van der Waals surface area contributed by atoms with Gasteiger partial charge in [-0.25, -0.2) is 9.67 Å². The maximum absolute atomic E-state index is 13.0. The lowest BCUT2D eigenvalue weighted by Gasteiger charge is -2.10. The number of rotatable bonds is 2. The molecule has 0 amide bonds. The second kappa shape index (κ2) is 5.70. The summed E-state index contributed by atoms with van der Waals surface area (Å²) in [4.78, 5) is 17.7. The van der Waals surface area contributed by atoms with E-state index >= 15 is 0 Å². The highest BCUT2D eigenvalue weighted by molar-refractivity contribution is 5.75. The summed E-state index contributed by atoms with van der Waals surface area (Å²) in [6.45, 7) is 5.90. The third-order valence-corrected chi connectivity index (χ3v) is 4.34. The molecular weight excluding hydrogens is 312 g/mol. The molecule has 4 aromatic rings. The summed E-state index contributed by atoms with van der Waals surface area (Å²) in [5.74, 6) is 0.634. The van der Waals surface area contributed by atoms with Crippen molar-refractivity contribution < 1.29 is 0 Å². The van der Waals surface area contributed by atoms with E-state index in [1.807, 2.05) is 69.3 Å². The van der Waals surface area contributed by atoms with E-state index in [9.17, 15) is 4.79 Å². The Morgan fingerprint density at radius 2 is 1.36 bits per heavy atom. The van der Waals surface area contributed by atoms with Gasteiger partial charge in [-0.05, 0) is 45.0 Å². The first-order valence-electron chi connectivity index (χ1n) is 8.16. The summed E-state index contributed by atoms with van der Waals surface area (Å²) in [7, 11) is 0. The molecule has 5 nitrogen and oxygen atoms in total. The molecule has 2 aromatic heterocycles. The third-order valence-electron chi connectivity index (χ3n) is 4.34. The molecule has 0 unspecified atom stereocenters. The monoisotopic (exact) mass is 330 g/mol. The van der Waals surface area contributed by atoms with Crippen LogP contribution in [0.2, 0.25) is 0 Å². The molecule has 0 radical (unpaired) electrons. The molecule has 0 spiro atoms. The largest absolute Gasteiger partial charge is 0.269 e. The Bertz CT molecular complexity index is 1120. The quantitative estimate of drug-likeness (QED) is 0.565. The zero-order valence-corrected chi connectivity index (χ0v) is 14.4. The van der Waals surface area contributed by atoms with Crippen molar-refractivity contribution in [2.24, 2.45) is 0 Å². The van der Waals surface area contributed by atoms with Crippen LogP contribution in [0.15, 0.2) is 59.5 Å². The number of hydrogen-bond donors (Lipinski definition) is 0. The van der Waals surface area contributed by atoms with E-state index in [1.165, 1.54) is 5.56 Å². The molecule has 0 saturated carbocycles. The fourth-order valence-corrected chi connectivity index (χ4v) is 2.94. The Kier molecular flexibility index (Phi) is 3.50. The highest BCUT2D eigenvalue weighted by Crippen LogP contribution is 2.17. The van der Waals surface area contributed by atoms with Gasteiger partial charge >= 0.3 is 0 Å². The van der Waals surface area contributed by atoms with Crippen LogP contribution >= 0.6 is 0 Å². The van der Waals surface area contributed by atoms with E-state index in [4.69, 9.17) is 0 Å². The van der Waals surface area contributed by atoms with E-state index in [-0.39, 0.29) is 5.56 Å². The van der Waals surface area contributed by atoms with Gasteiger partial charge in [0.1, 0.15) is 11.2 Å². The molecule has 0 aliphatic carbocycles. The second-order valence-corrected chi connectivity index (χ2v) is 6.26. The lowest BCUT2D eigenvalue weighted by molar-refractivity contribution is 0.859. The van der Waals surface area contributed by atoms with Crippen LogP contribution in [0.3, 0.4) is 0 Å². The fraction of sp³-hybridized carbons (Fsp3) is 0.150.